The first kappa shape index (κ1) is 30.8. The van der Waals surface area contributed by atoms with Gasteiger partial charge >= 0.3 is 6.09 Å². The van der Waals surface area contributed by atoms with E-state index in [2.05, 4.69) is 16.0 Å². The van der Waals surface area contributed by atoms with E-state index in [9.17, 15) is 32.5 Å². The standard InChI is InChI=1S/C27H41N3O8S/c1-17(2)14-21(24(32)29-22(25(33)39(35,36)37)15-20-10-13-28-23(20)31)30-26(34)38-27(11-4-5-12-27)16-19-8-6-18(3)7-9-19/h6-9,17,20-22,25,33H,4-5,10-16H2,1-3H3,(H,28,31)(H,29,32)(H,30,34)(H,35,36,37)/t20-,21-,22-,25?/m0/s1. The van der Waals surface area contributed by atoms with Crippen LogP contribution in [0.2, 0.25) is 0 Å². The van der Waals surface area contributed by atoms with Gasteiger partial charge in [-0.15, -0.1) is 0 Å². The van der Waals surface area contributed by atoms with Crippen molar-refractivity contribution in [1.82, 2.24) is 16.0 Å². The third-order valence-corrected chi connectivity index (χ3v) is 8.40. The minimum atomic E-state index is -4.94. The molecule has 3 rings (SSSR count). The van der Waals surface area contributed by atoms with Crippen molar-refractivity contribution in [2.45, 2.75) is 95.3 Å². The van der Waals surface area contributed by atoms with Gasteiger partial charge in [-0.3, -0.25) is 14.1 Å². The molecule has 1 aromatic carbocycles. The van der Waals surface area contributed by atoms with Gasteiger partial charge in [0, 0.05) is 18.9 Å². The summed E-state index contributed by atoms with van der Waals surface area (Å²) in [6.07, 6.45) is 3.43. The van der Waals surface area contributed by atoms with Crippen molar-refractivity contribution in [2.75, 3.05) is 6.54 Å². The number of hydrogen-bond donors (Lipinski definition) is 5. The van der Waals surface area contributed by atoms with Crippen LogP contribution >= 0.6 is 0 Å². The first-order valence-electron chi connectivity index (χ1n) is 13.6. The third-order valence-electron chi connectivity index (χ3n) is 7.46. The molecule has 39 heavy (non-hydrogen) atoms. The summed E-state index contributed by atoms with van der Waals surface area (Å²) in [4.78, 5) is 38.4. The zero-order chi connectivity index (χ0) is 28.8. The van der Waals surface area contributed by atoms with E-state index in [-0.39, 0.29) is 24.7 Å². The molecule has 11 nitrogen and oxygen atoms in total. The Morgan fingerprint density at radius 2 is 1.79 bits per heavy atom. The lowest BCUT2D eigenvalue weighted by Gasteiger charge is -2.31. The number of aliphatic hydroxyl groups excluding tert-OH is 1. The van der Waals surface area contributed by atoms with Gasteiger partial charge in [0.25, 0.3) is 10.1 Å². The lowest BCUT2D eigenvalue weighted by Crippen LogP contribution is -2.55. The molecule has 2 aliphatic rings. The summed E-state index contributed by atoms with van der Waals surface area (Å²) in [6.45, 7) is 6.11. The summed E-state index contributed by atoms with van der Waals surface area (Å²) >= 11 is 0. The first-order valence-corrected chi connectivity index (χ1v) is 15.1. The molecule has 4 atom stereocenters. The van der Waals surface area contributed by atoms with Crippen molar-refractivity contribution < 1.29 is 37.2 Å². The zero-order valence-corrected chi connectivity index (χ0v) is 23.6. The van der Waals surface area contributed by atoms with E-state index in [1.807, 2.05) is 45.0 Å². The highest BCUT2D eigenvalue weighted by atomic mass is 32.2. The minimum absolute atomic E-state index is 0.0281. The van der Waals surface area contributed by atoms with Gasteiger partial charge in [-0.1, -0.05) is 43.7 Å². The number of aryl methyl sites for hydroxylation is 1. The summed E-state index contributed by atoms with van der Waals surface area (Å²) in [7, 11) is -4.94. The molecule has 1 heterocycles. The molecule has 1 unspecified atom stereocenters. The Morgan fingerprint density at radius 3 is 2.33 bits per heavy atom. The number of rotatable bonds is 12. The van der Waals surface area contributed by atoms with Crippen molar-refractivity contribution in [1.29, 1.82) is 0 Å². The van der Waals surface area contributed by atoms with Crippen LogP contribution < -0.4 is 16.0 Å². The smallest absolute Gasteiger partial charge is 0.408 e. The fourth-order valence-corrected chi connectivity index (χ4v) is 5.99. The Balaban J connectivity index is 1.72. The van der Waals surface area contributed by atoms with Crippen LogP contribution in [0.1, 0.15) is 69.9 Å². The monoisotopic (exact) mass is 567 g/mol. The fraction of sp³-hybridized carbons (Fsp3) is 0.667. The van der Waals surface area contributed by atoms with Crippen LogP contribution in [0.5, 0.6) is 0 Å². The number of carbonyl (C=O) groups is 3. The number of amides is 3. The van der Waals surface area contributed by atoms with Crippen molar-refractivity contribution in [3.8, 4) is 0 Å². The van der Waals surface area contributed by atoms with Gasteiger partial charge in [0.2, 0.25) is 17.3 Å². The van der Waals surface area contributed by atoms with Crippen molar-refractivity contribution in [3.05, 3.63) is 35.4 Å². The van der Waals surface area contributed by atoms with E-state index in [1.54, 1.807) is 0 Å². The van der Waals surface area contributed by atoms with Crippen LogP contribution in [0.15, 0.2) is 24.3 Å². The van der Waals surface area contributed by atoms with Crippen molar-refractivity contribution >= 4 is 28.0 Å². The maximum atomic E-state index is 13.3. The normalized spacial score (nSPS) is 21.2. The average Bonchev–Trinajstić information content (AvgIpc) is 3.47. The van der Waals surface area contributed by atoms with E-state index in [0.29, 0.717) is 32.2 Å². The van der Waals surface area contributed by atoms with E-state index >= 15 is 0 Å². The molecule has 12 heteroatoms. The number of carbonyl (C=O) groups excluding carboxylic acids is 3. The summed E-state index contributed by atoms with van der Waals surface area (Å²) in [5.41, 5.74) is -0.855. The van der Waals surface area contributed by atoms with Crippen molar-refractivity contribution in [2.24, 2.45) is 11.8 Å². The fourth-order valence-electron chi connectivity index (χ4n) is 5.40. The second kappa shape index (κ2) is 13.1. The highest BCUT2D eigenvalue weighted by Gasteiger charge is 2.40. The van der Waals surface area contributed by atoms with E-state index < -0.39 is 51.2 Å². The predicted molar refractivity (Wildman–Crippen MR) is 144 cm³/mol. The van der Waals surface area contributed by atoms with Gasteiger partial charge in [-0.25, -0.2) is 4.79 Å². The topological polar surface area (TPSA) is 171 Å². The molecule has 3 amide bonds. The lowest BCUT2D eigenvalue weighted by molar-refractivity contribution is -0.126. The third kappa shape index (κ3) is 8.91. The molecule has 0 radical (unpaired) electrons. The predicted octanol–water partition coefficient (Wildman–Crippen LogP) is 2.21. The van der Waals surface area contributed by atoms with Crippen LogP contribution in [-0.2, 0) is 30.9 Å². The van der Waals surface area contributed by atoms with Gasteiger partial charge in [0.15, 0.2) is 0 Å². The first-order chi connectivity index (χ1) is 18.3. The maximum Gasteiger partial charge on any atom is 0.408 e. The number of nitrogens with one attached hydrogen (secondary N) is 3. The van der Waals surface area contributed by atoms with Crippen molar-refractivity contribution in [3.63, 3.8) is 0 Å². The molecule has 5 N–H and O–H groups in total. The highest BCUT2D eigenvalue weighted by Crippen LogP contribution is 2.36. The molecule has 0 bridgehead atoms. The summed E-state index contributed by atoms with van der Waals surface area (Å²) in [5, 5.41) is 18.0. The molecule has 218 valence electrons. The molecule has 1 aliphatic heterocycles. The molecular weight excluding hydrogens is 526 g/mol. The van der Waals surface area contributed by atoms with Gasteiger partial charge in [-0.05, 0) is 63.4 Å². The SMILES string of the molecule is Cc1ccc(CC2(OC(=O)N[C@@H](CC(C)C)C(=O)N[C@@H](C[C@@H]3CCNC3=O)C(O)S(=O)(=O)O)CCCC2)cc1. The van der Waals surface area contributed by atoms with Crippen LogP contribution in [-0.4, -0.2) is 65.7 Å². The Labute approximate surface area is 230 Å². The number of aliphatic hydroxyl groups is 1. The largest absolute Gasteiger partial charge is 0.443 e. The second-order valence-corrected chi connectivity index (χ2v) is 12.8. The van der Waals surface area contributed by atoms with E-state index in [1.165, 1.54) is 0 Å². The van der Waals surface area contributed by atoms with Crippen LogP contribution in [0.4, 0.5) is 4.79 Å². The lowest BCUT2D eigenvalue weighted by atomic mass is 9.92. The maximum absolute atomic E-state index is 13.3. The molecular formula is C27H41N3O8S. The van der Waals surface area contributed by atoms with Gasteiger partial charge in [-0.2, -0.15) is 8.42 Å². The quantitative estimate of drug-likeness (QED) is 0.239. The number of ether oxygens (including phenoxy) is 1. The molecule has 1 aromatic rings. The van der Waals surface area contributed by atoms with E-state index in [4.69, 9.17) is 4.74 Å². The molecule has 1 saturated heterocycles. The highest BCUT2D eigenvalue weighted by molar-refractivity contribution is 7.86. The van der Waals surface area contributed by atoms with Crippen LogP contribution in [0, 0.1) is 18.8 Å². The molecule has 0 spiro atoms. The molecule has 2 fully saturated rings. The molecule has 0 aromatic heterocycles. The van der Waals surface area contributed by atoms with Crippen LogP contribution in [0.25, 0.3) is 0 Å². The van der Waals surface area contributed by atoms with Gasteiger partial charge in [0.05, 0.1) is 6.04 Å². The minimum Gasteiger partial charge on any atom is -0.443 e. The Kier molecular flexibility index (Phi) is 10.4. The van der Waals surface area contributed by atoms with Gasteiger partial charge in [0.1, 0.15) is 11.6 Å². The number of benzene rings is 1. The van der Waals surface area contributed by atoms with Crippen LogP contribution in [0.3, 0.4) is 0 Å². The number of hydrogen-bond acceptors (Lipinski definition) is 7. The van der Waals surface area contributed by atoms with Gasteiger partial charge < -0.3 is 25.8 Å². The Bertz CT molecular complexity index is 1120. The summed E-state index contributed by atoms with van der Waals surface area (Å²) in [5.74, 6) is -1.74. The number of alkyl carbamates (subject to hydrolysis) is 1. The second-order valence-electron chi connectivity index (χ2n) is 11.3. The summed E-state index contributed by atoms with van der Waals surface area (Å²) in [6, 6.07) is 5.48. The Morgan fingerprint density at radius 1 is 1.15 bits per heavy atom. The molecule has 1 aliphatic carbocycles. The molecule has 1 saturated carbocycles. The van der Waals surface area contributed by atoms with E-state index in [0.717, 1.165) is 24.0 Å². The average molecular weight is 568 g/mol. The summed E-state index contributed by atoms with van der Waals surface area (Å²) < 4.78 is 38.8. The zero-order valence-electron chi connectivity index (χ0n) is 22.8. The Hall–Kier alpha value is -2.70.